The second-order valence-corrected chi connectivity index (χ2v) is 4.68. The molecule has 3 rings (SSSR count). The summed E-state index contributed by atoms with van der Waals surface area (Å²) in [5, 5.41) is 18.5. The zero-order valence-electron chi connectivity index (χ0n) is 11.6. The second kappa shape index (κ2) is 5.94. The van der Waals surface area contributed by atoms with Crippen molar-refractivity contribution in [3.05, 3.63) is 71.9 Å². The molecule has 0 bridgehead atoms. The van der Waals surface area contributed by atoms with Crippen LogP contribution in [0.25, 0.3) is 11.3 Å². The molecule has 1 aromatic heterocycles. The summed E-state index contributed by atoms with van der Waals surface area (Å²) in [5.74, 6) is -0.301. The maximum absolute atomic E-state index is 12.2. The number of rotatable bonds is 3. The van der Waals surface area contributed by atoms with Gasteiger partial charge in [-0.15, -0.1) is 0 Å². The van der Waals surface area contributed by atoms with Crippen LogP contribution in [0.1, 0.15) is 16.1 Å². The van der Waals surface area contributed by atoms with E-state index in [-0.39, 0.29) is 5.91 Å². The number of nitriles is 1. The molecular weight excluding hydrogens is 276 g/mol. The third-order valence-corrected chi connectivity index (χ3v) is 3.14. The molecule has 0 atom stereocenters. The van der Waals surface area contributed by atoms with Crippen LogP contribution in [0.15, 0.2) is 60.7 Å². The first-order valence-electron chi connectivity index (χ1n) is 6.68. The number of hydrogen-bond donors (Lipinski definition) is 2. The maximum Gasteiger partial charge on any atom is 0.273 e. The first-order chi connectivity index (χ1) is 10.8. The highest BCUT2D eigenvalue weighted by Gasteiger charge is 2.11. The molecule has 1 amide bonds. The number of aromatic nitrogens is 2. The number of carbonyl (C=O) groups is 1. The van der Waals surface area contributed by atoms with Crippen molar-refractivity contribution in [1.29, 1.82) is 5.26 Å². The zero-order chi connectivity index (χ0) is 15.4. The Labute approximate surface area is 127 Å². The van der Waals surface area contributed by atoms with Crippen LogP contribution in [-0.4, -0.2) is 16.1 Å². The minimum atomic E-state index is -0.301. The number of nitrogens with one attached hydrogen (secondary N) is 2. The average Bonchev–Trinajstić information content (AvgIpc) is 3.06. The van der Waals surface area contributed by atoms with Crippen LogP contribution in [0.4, 0.5) is 5.69 Å². The summed E-state index contributed by atoms with van der Waals surface area (Å²) >= 11 is 0. The Morgan fingerprint density at radius 1 is 1.09 bits per heavy atom. The summed E-state index contributed by atoms with van der Waals surface area (Å²) in [6, 6.07) is 20.1. The molecule has 0 saturated heterocycles. The van der Waals surface area contributed by atoms with Gasteiger partial charge in [-0.25, -0.2) is 0 Å². The highest BCUT2D eigenvalue weighted by atomic mass is 16.1. The quantitative estimate of drug-likeness (QED) is 0.776. The fourth-order valence-electron chi connectivity index (χ4n) is 2.06. The average molecular weight is 288 g/mol. The molecule has 0 spiro atoms. The molecule has 5 nitrogen and oxygen atoms in total. The summed E-state index contributed by atoms with van der Waals surface area (Å²) in [7, 11) is 0. The molecule has 0 saturated carbocycles. The van der Waals surface area contributed by atoms with Gasteiger partial charge in [0.2, 0.25) is 0 Å². The molecule has 22 heavy (non-hydrogen) atoms. The second-order valence-electron chi connectivity index (χ2n) is 4.68. The van der Waals surface area contributed by atoms with Crippen LogP contribution >= 0.6 is 0 Å². The molecule has 0 aliphatic carbocycles. The molecule has 0 aliphatic rings. The Morgan fingerprint density at radius 2 is 1.91 bits per heavy atom. The number of aromatic amines is 1. The van der Waals surface area contributed by atoms with Crippen molar-refractivity contribution in [3.8, 4) is 17.3 Å². The zero-order valence-corrected chi connectivity index (χ0v) is 11.6. The monoisotopic (exact) mass is 288 g/mol. The van der Waals surface area contributed by atoms with E-state index in [1.54, 1.807) is 30.3 Å². The van der Waals surface area contributed by atoms with Crippen molar-refractivity contribution >= 4 is 11.6 Å². The third-order valence-electron chi connectivity index (χ3n) is 3.14. The smallest absolute Gasteiger partial charge is 0.273 e. The van der Waals surface area contributed by atoms with Gasteiger partial charge in [0.05, 0.1) is 17.3 Å². The van der Waals surface area contributed by atoms with E-state index < -0.39 is 0 Å². The normalized spacial score (nSPS) is 9.95. The Bertz CT molecular complexity index is 846. The summed E-state index contributed by atoms with van der Waals surface area (Å²) in [6.45, 7) is 0. The van der Waals surface area contributed by atoms with Crippen molar-refractivity contribution in [2.24, 2.45) is 0 Å². The van der Waals surface area contributed by atoms with Crippen LogP contribution in [0.5, 0.6) is 0 Å². The first-order valence-corrected chi connectivity index (χ1v) is 6.68. The lowest BCUT2D eigenvalue weighted by Crippen LogP contribution is -2.12. The van der Waals surface area contributed by atoms with Gasteiger partial charge in [-0.05, 0) is 24.3 Å². The molecular formula is C17H12N4O. The van der Waals surface area contributed by atoms with Crippen LogP contribution < -0.4 is 5.32 Å². The van der Waals surface area contributed by atoms with Gasteiger partial charge < -0.3 is 5.32 Å². The lowest BCUT2D eigenvalue weighted by atomic mass is 10.1. The van der Waals surface area contributed by atoms with Gasteiger partial charge in [0.1, 0.15) is 5.69 Å². The fraction of sp³-hybridized carbons (Fsp3) is 0. The van der Waals surface area contributed by atoms with E-state index in [1.807, 2.05) is 36.4 Å². The van der Waals surface area contributed by atoms with E-state index in [2.05, 4.69) is 15.5 Å². The molecule has 106 valence electrons. The first kappa shape index (κ1) is 13.6. The molecule has 5 heteroatoms. The van der Waals surface area contributed by atoms with E-state index >= 15 is 0 Å². The van der Waals surface area contributed by atoms with Gasteiger partial charge in [0.25, 0.3) is 5.91 Å². The lowest BCUT2D eigenvalue weighted by molar-refractivity contribution is 0.102. The Balaban J connectivity index is 1.79. The number of anilines is 1. The molecule has 2 aromatic carbocycles. The molecule has 3 aromatic rings. The van der Waals surface area contributed by atoms with Crippen molar-refractivity contribution in [2.75, 3.05) is 5.32 Å². The summed E-state index contributed by atoms with van der Waals surface area (Å²) in [4.78, 5) is 12.2. The van der Waals surface area contributed by atoms with Gasteiger partial charge in [-0.1, -0.05) is 36.4 Å². The predicted molar refractivity (Wildman–Crippen MR) is 83.1 cm³/mol. The number of benzene rings is 2. The minimum absolute atomic E-state index is 0.301. The Hall–Kier alpha value is -3.39. The maximum atomic E-state index is 12.2. The van der Waals surface area contributed by atoms with Crippen molar-refractivity contribution < 1.29 is 4.79 Å². The molecule has 0 radical (unpaired) electrons. The molecule has 2 N–H and O–H groups in total. The van der Waals surface area contributed by atoms with Crippen molar-refractivity contribution in [2.45, 2.75) is 0 Å². The largest absolute Gasteiger partial charge is 0.321 e. The highest BCUT2D eigenvalue weighted by Crippen LogP contribution is 2.18. The van der Waals surface area contributed by atoms with Gasteiger partial charge in [-0.2, -0.15) is 10.4 Å². The summed E-state index contributed by atoms with van der Waals surface area (Å²) in [6.07, 6.45) is 0. The number of H-pyrrole nitrogens is 1. The summed E-state index contributed by atoms with van der Waals surface area (Å²) < 4.78 is 0. The van der Waals surface area contributed by atoms with Crippen LogP contribution in [-0.2, 0) is 0 Å². The lowest BCUT2D eigenvalue weighted by Gasteiger charge is -2.03. The van der Waals surface area contributed by atoms with Crippen molar-refractivity contribution in [1.82, 2.24) is 10.2 Å². The van der Waals surface area contributed by atoms with E-state index in [1.165, 1.54) is 0 Å². The van der Waals surface area contributed by atoms with Crippen LogP contribution in [0.2, 0.25) is 0 Å². The molecule has 0 aliphatic heterocycles. The van der Waals surface area contributed by atoms with E-state index in [0.29, 0.717) is 22.6 Å². The number of carbonyl (C=O) groups excluding carboxylic acids is 1. The van der Waals surface area contributed by atoms with Crippen LogP contribution in [0.3, 0.4) is 0 Å². The summed E-state index contributed by atoms with van der Waals surface area (Å²) in [5.41, 5.74) is 3.06. The number of nitrogens with zero attached hydrogens (tertiary/aromatic N) is 2. The van der Waals surface area contributed by atoms with Gasteiger partial charge in [0.15, 0.2) is 0 Å². The topological polar surface area (TPSA) is 81.6 Å². The van der Waals surface area contributed by atoms with E-state index in [9.17, 15) is 4.79 Å². The number of hydrogen-bond acceptors (Lipinski definition) is 3. The Kier molecular flexibility index (Phi) is 3.67. The standard InChI is InChI=1S/C17H12N4O/c18-11-12-5-4-8-14(9-12)19-17(22)16-10-15(20-21-16)13-6-2-1-3-7-13/h1-10H,(H,19,22)(H,20,21). The molecule has 0 unspecified atom stereocenters. The van der Waals surface area contributed by atoms with Crippen LogP contribution in [0, 0.1) is 11.3 Å². The van der Waals surface area contributed by atoms with E-state index in [0.717, 1.165) is 5.56 Å². The molecule has 0 fully saturated rings. The number of amides is 1. The van der Waals surface area contributed by atoms with E-state index in [4.69, 9.17) is 5.26 Å². The SMILES string of the molecule is N#Cc1cccc(NC(=O)c2cc(-c3ccccc3)n[nH]2)c1. The van der Waals surface area contributed by atoms with Gasteiger partial charge >= 0.3 is 0 Å². The highest BCUT2D eigenvalue weighted by molar-refractivity contribution is 6.03. The van der Waals surface area contributed by atoms with Crippen molar-refractivity contribution in [3.63, 3.8) is 0 Å². The fourth-order valence-corrected chi connectivity index (χ4v) is 2.06. The minimum Gasteiger partial charge on any atom is -0.321 e. The van der Waals surface area contributed by atoms with Gasteiger partial charge in [0, 0.05) is 11.3 Å². The van der Waals surface area contributed by atoms with Gasteiger partial charge in [-0.3, -0.25) is 9.89 Å². The molecule has 1 heterocycles. The third kappa shape index (κ3) is 2.86. The Morgan fingerprint density at radius 3 is 2.68 bits per heavy atom. The predicted octanol–water partition coefficient (Wildman–Crippen LogP) is 3.20.